The second-order valence-corrected chi connectivity index (χ2v) is 4.68. The van der Waals surface area contributed by atoms with Gasteiger partial charge in [-0.2, -0.15) is 8.78 Å². The van der Waals surface area contributed by atoms with E-state index in [0.717, 1.165) is 0 Å². The van der Waals surface area contributed by atoms with E-state index in [2.05, 4.69) is 0 Å². The smallest absolute Gasteiger partial charge is 0.214 e. The van der Waals surface area contributed by atoms with Gasteiger partial charge in [-0.3, -0.25) is 0 Å². The predicted molar refractivity (Wildman–Crippen MR) is 52.8 cm³/mol. The molecule has 1 atom stereocenters. The number of rotatable bonds is 0. The van der Waals surface area contributed by atoms with Gasteiger partial charge in [-0.25, -0.2) is 26.3 Å². The van der Waals surface area contributed by atoms with Gasteiger partial charge in [0.15, 0.2) is 29.1 Å². The van der Waals surface area contributed by atoms with Crippen LogP contribution in [0.2, 0.25) is 0 Å². The highest BCUT2D eigenvalue weighted by molar-refractivity contribution is 6.39. The van der Waals surface area contributed by atoms with Crippen molar-refractivity contribution >= 4 is 23.2 Å². The number of allylic oxidation sites excluding steroid dienone is 2. The van der Waals surface area contributed by atoms with Crippen LogP contribution in [0.4, 0.5) is 35.1 Å². The molecular weight excluding hydrogens is 343 g/mol. The van der Waals surface area contributed by atoms with Gasteiger partial charge < -0.3 is 0 Å². The van der Waals surface area contributed by atoms with Crippen molar-refractivity contribution in [3.05, 3.63) is 45.3 Å². The van der Waals surface area contributed by atoms with Crippen LogP contribution in [-0.4, -0.2) is 0 Å². The molecule has 10 heteroatoms. The van der Waals surface area contributed by atoms with E-state index in [4.69, 9.17) is 23.2 Å². The molecule has 20 heavy (non-hydrogen) atoms. The number of hydrogen-bond donors (Lipinski definition) is 0. The highest BCUT2D eigenvalue weighted by atomic mass is 35.5. The molecule has 1 unspecified atom stereocenters. The molecule has 0 spiro atoms. The molecule has 2 rings (SSSR count). The number of alkyl halides is 4. The first-order chi connectivity index (χ1) is 8.95. The quantitative estimate of drug-likeness (QED) is 0.265. The molecule has 0 aliphatic heterocycles. The maximum absolute atomic E-state index is 13.9. The molecule has 0 saturated carbocycles. The molecule has 0 heterocycles. The Morgan fingerprint density at radius 3 is 1.55 bits per heavy atom. The summed E-state index contributed by atoms with van der Waals surface area (Å²) >= 11 is 9.85. The molecule has 0 bridgehead atoms. The van der Waals surface area contributed by atoms with Crippen LogP contribution in [0.5, 0.6) is 0 Å². The molecule has 0 saturated heterocycles. The van der Waals surface area contributed by atoms with E-state index in [-0.39, 0.29) is 0 Å². The van der Waals surface area contributed by atoms with Crippen LogP contribution >= 0.6 is 23.2 Å². The van der Waals surface area contributed by atoms with Gasteiger partial charge in [0.1, 0.15) is 5.03 Å². The Morgan fingerprint density at radius 2 is 1.10 bits per heavy atom. The summed E-state index contributed by atoms with van der Waals surface area (Å²) in [6, 6.07) is 0. The van der Waals surface area contributed by atoms with Crippen molar-refractivity contribution in [2.45, 2.75) is 11.1 Å². The standard InChI is InChI=1S/C10Cl2F8/c11-7-8(17)10(19,20)2-1(9(7,12)18)3(13)5(15)6(16)4(2)14. The summed E-state index contributed by atoms with van der Waals surface area (Å²) in [7, 11) is 0. The molecule has 1 aromatic rings. The van der Waals surface area contributed by atoms with Gasteiger partial charge in [-0.15, -0.1) is 0 Å². The first-order valence-corrected chi connectivity index (χ1v) is 5.40. The van der Waals surface area contributed by atoms with Crippen molar-refractivity contribution in [2.75, 3.05) is 0 Å². The SMILES string of the molecule is FC1=C(Cl)C(F)(Cl)c2c(F)c(F)c(F)c(F)c2C1(F)F. The number of hydrogen-bond acceptors (Lipinski definition) is 0. The average molecular weight is 343 g/mol. The minimum absolute atomic E-state index is 2.00. The second kappa shape index (κ2) is 4.24. The summed E-state index contributed by atoms with van der Waals surface area (Å²) in [6.45, 7) is 0. The van der Waals surface area contributed by atoms with Gasteiger partial charge in [0, 0.05) is 0 Å². The molecule has 0 amide bonds. The summed E-state index contributed by atoms with van der Waals surface area (Å²) < 4.78 is 107. The lowest BCUT2D eigenvalue weighted by Gasteiger charge is -2.31. The van der Waals surface area contributed by atoms with E-state index in [9.17, 15) is 35.1 Å². The zero-order valence-corrected chi connectivity index (χ0v) is 10.3. The lowest BCUT2D eigenvalue weighted by Crippen LogP contribution is -2.34. The monoisotopic (exact) mass is 342 g/mol. The highest BCUT2D eigenvalue weighted by Gasteiger charge is 2.58. The van der Waals surface area contributed by atoms with Gasteiger partial charge >= 0.3 is 5.92 Å². The molecule has 1 aliphatic carbocycles. The van der Waals surface area contributed by atoms with Crippen molar-refractivity contribution in [2.24, 2.45) is 0 Å². The summed E-state index contributed by atoms with van der Waals surface area (Å²) in [5.74, 6) is -18.2. The van der Waals surface area contributed by atoms with Crippen LogP contribution < -0.4 is 0 Å². The highest BCUT2D eigenvalue weighted by Crippen LogP contribution is 2.57. The molecule has 110 valence electrons. The Labute approximate surface area is 115 Å². The molecule has 1 aliphatic rings. The van der Waals surface area contributed by atoms with Crippen LogP contribution in [0.1, 0.15) is 11.1 Å². The van der Waals surface area contributed by atoms with Crippen LogP contribution in [0.15, 0.2) is 10.9 Å². The molecule has 0 N–H and O–H groups in total. The number of fused-ring (bicyclic) bond motifs is 1. The van der Waals surface area contributed by atoms with Crippen molar-refractivity contribution < 1.29 is 35.1 Å². The third-order valence-electron chi connectivity index (χ3n) is 2.64. The third kappa shape index (κ3) is 1.67. The van der Waals surface area contributed by atoms with Crippen LogP contribution in [0.3, 0.4) is 0 Å². The fourth-order valence-corrected chi connectivity index (χ4v) is 2.19. The third-order valence-corrected chi connectivity index (χ3v) is 3.54. The van der Waals surface area contributed by atoms with E-state index in [1.807, 2.05) is 0 Å². The first kappa shape index (κ1) is 15.4. The maximum atomic E-state index is 13.9. The summed E-state index contributed by atoms with van der Waals surface area (Å²) in [6.07, 6.45) is 0. The van der Waals surface area contributed by atoms with E-state index < -0.39 is 56.3 Å². The minimum Gasteiger partial charge on any atom is -0.214 e. The van der Waals surface area contributed by atoms with Crippen molar-refractivity contribution in [1.82, 2.24) is 0 Å². The Balaban J connectivity index is 3.05. The normalized spacial score (nSPS) is 24.9. The average Bonchev–Trinajstić information content (AvgIpc) is 2.36. The first-order valence-electron chi connectivity index (χ1n) is 4.64. The fraction of sp³-hybridized carbons (Fsp3) is 0.200. The Hall–Kier alpha value is -1.02. The fourth-order valence-electron chi connectivity index (χ4n) is 1.72. The van der Waals surface area contributed by atoms with Crippen LogP contribution in [-0.2, 0) is 11.1 Å². The summed E-state index contributed by atoms with van der Waals surface area (Å²) in [5, 5.41) is -6.00. The van der Waals surface area contributed by atoms with Crippen LogP contribution in [0, 0.1) is 23.3 Å². The lowest BCUT2D eigenvalue weighted by atomic mass is 9.89. The Kier molecular flexibility index (Phi) is 3.26. The zero-order chi connectivity index (χ0) is 15.6. The van der Waals surface area contributed by atoms with E-state index >= 15 is 0 Å². The minimum atomic E-state index is -5.00. The molecular formula is C10Cl2F8. The Bertz CT molecular complexity index is 594. The van der Waals surface area contributed by atoms with E-state index in [0.29, 0.717) is 0 Å². The van der Waals surface area contributed by atoms with Crippen molar-refractivity contribution in [1.29, 1.82) is 0 Å². The maximum Gasteiger partial charge on any atom is 0.328 e. The van der Waals surface area contributed by atoms with Crippen molar-refractivity contribution in [3.8, 4) is 0 Å². The van der Waals surface area contributed by atoms with Gasteiger partial charge in [-0.05, 0) is 0 Å². The molecule has 0 nitrogen and oxygen atoms in total. The van der Waals surface area contributed by atoms with Gasteiger partial charge in [0.25, 0.3) is 5.13 Å². The van der Waals surface area contributed by atoms with E-state index in [1.165, 1.54) is 0 Å². The largest absolute Gasteiger partial charge is 0.328 e. The summed E-state index contributed by atoms with van der Waals surface area (Å²) in [4.78, 5) is 0. The Morgan fingerprint density at radius 1 is 0.700 bits per heavy atom. The molecule has 0 aromatic heterocycles. The predicted octanol–water partition coefficient (Wildman–Crippen LogP) is 5.13. The van der Waals surface area contributed by atoms with Crippen molar-refractivity contribution in [3.63, 3.8) is 0 Å². The van der Waals surface area contributed by atoms with Gasteiger partial charge in [-0.1, -0.05) is 23.2 Å². The topological polar surface area (TPSA) is 0 Å². The number of benzene rings is 1. The molecule has 0 fully saturated rings. The van der Waals surface area contributed by atoms with Gasteiger partial charge in [0.2, 0.25) is 0 Å². The van der Waals surface area contributed by atoms with Crippen LogP contribution in [0.25, 0.3) is 0 Å². The van der Waals surface area contributed by atoms with Gasteiger partial charge in [0.05, 0.1) is 11.1 Å². The lowest BCUT2D eigenvalue weighted by molar-refractivity contribution is -0.00166. The molecule has 0 radical (unpaired) electrons. The zero-order valence-electron chi connectivity index (χ0n) is 8.78. The second-order valence-electron chi connectivity index (χ2n) is 3.78. The van der Waals surface area contributed by atoms with E-state index in [1.54, 1.807) is 0 Å². The number of halogens is 10. The summed E-state index contributed by atoms with van der Waals surface area (Å²) in [5.41, 5.74) is -4.49. The molecule has 1 aromatic carbocycles.